The van der Waals surface area contributed by atoms with Crippen molar-refractivity contribution in [3.63, 3.8) is 0 Å². The summed E-state index contributed by atoms with van der Waals surface area (Å²) < 4.78 is 26.6. The Balaban J connectivity index is 1.99. The quantitative estimate of drug-likeness (QED) is 0.541. The van der Waals surface area contributed by atoms with Crippen molar-refractivity contribution >= 4 is 19.7 Å². The average molecular weight is 277 g/mol. The van der Waals surface area contributed by atoms with Gasteiger partial charge in [-0.1, -0.05) is 30.3 Å². The van der Waals surface area contributed by atoms with Gasteiger partial charge in [-0.05, 0) is 24.8 Å². The van der Waals surface area contributed by atoms with Gasteiger partial charge in [-0.15, -0.1) is 0 Å². The first-order valence-corrected chi connectivity index (χ1v) is 8.10. The Morgan fingerprint density at radius 3 is 2.35 bits per heavy atom. The summed E-state index contributed by atoms with van der Waals surface area (Å²) in [5.74, 6) is -0.0206. The van der Waals surface area contributed by atoms with Gasteiger partial charge in [0.1, 0.15) is 0 Å². The van der Waals surface area contributed by atoms with Crippen LogP contribution in [0.15, 0.2) is 30.3 Å². The zero-order chi connectivity index (χ0) is 12.6. The van der Waals surface area contributed by atoms with Crippen LogP contribution in [0.4, 0.5) is 0 Å². The van der Waals surface area contributed by atoms with Gasteiger partial charge in [0.15, 0.2) is 0 Å². The van der Waals surface area contributed by atoms with E-state index in [1.807, 2.05) is 18.2 Å². The Morgan fingerprint density at radius 1 is 1.06 bits per heavy atom. The number of ether oxygens (including phenoxy) is 1. The van der Waals surface area contributed by atoms with E-state index in [0.29, 0.717) is 19.6 Å². The molecular formula is C12H17ClO3S. The molecule has 0 aromatic heterocycles. The second-order valence-corrected chi connectivity index (χ2v) is 6.69. The topological polar surface area (TPSA) is 43.4 Å². The summed E-state index contributed by atoms with van der Waals surface area (Å²) in [4.78, 5) is 0. The summed E-state index contributed by atoms with van der Waals surface area (Å²) in [6, 6.07) is 10.2. The number of halogens is 1. The highest BCUT2D eigenvalue weighted by Gasteiger charge is 2.03. The van der Waals surface area contributed by atoms with Crippen molar-refractivity contribution in [1.82, 2.24) is 0 Å². The highest BCUT2D eigenvalue weighted by atomic mass is 35.7. The van der Waals surface area contributed by atoms with Crippen molar-refractivity contribution in [3.8, 4) is 0 Å². The van der Waals surface area contributed by atoms with Crippen LogP contribution in [0, 0.1) is 0 Å². The minimum Gasteiger partial charge on any atom is -0.381 e. The summed E-state index contributed by atoms with van der Waals surface area (Å²) in [7, 11) is 1.70. The fraction of sp³-hybridized carbons (Fsp3) is 0.500. The van der Waals surface area contributed by atoms with Gasteiger partial charge < -0.3 is 4.74 Å². The highest BCUT2D eigenvalue weighted by molar-refractivity contribution is 8.13. The van der Waals surface area contributed by atoms with E-state index in [9.17, 15) is 8.42 Å². The monoisotopic (exact) mass is 276 g/mol. The fourth-order valence-corrected chi connectivity index (χ4v) is 2.25. The van der Waals surface area contributed by atoms with Crippen molar-refractivity contribution in [2.24, 2.45) is 0 Å². The predicted molar refractivity (Wildman–Crippen MR) is 69.8 cm³/mol. The summed E-state index contributed by atoms with van der Waals surface area (Å²) in [6.07, 6.45) is 2.38. The van der Waals surface area contributed by atoms with Gasteiger partial charge in [0.25, 0.3) is 0 Å². The predicted octanol–water partition coefficient (Wildman–Crippen LogP) is 2.59. The molecule has 0 spiro atoms. The van der Waals surface area contributed by atoms with Crippen LogP contribution in [0.2, 0.25) is 0 Å². The third-order valence-electron chi connectivity index (χ3n) is 2.27. The first kappa shape index (κ1) is 14.5. The van der Waals surface area contributed by atoms with Crippen molar-refractivity contribution in [2.45, 2.75) is 19.3 Å². The summed E-state index contributed by atoms with van der Waals surface area (Å²) in [5.41, 5.74) is 1.29. The van der Waals surface area contributed by atoms with Gasteiger partial charge in [-0.25, -0.2) is 8.42 Å². The Kier molecular flexibility index (Phi) is 6.55. The van der Waals surface area contributed by atoms with Gasteiger partial charge in [0, 0.05) is 23.9 Å². The van der Waals surface area contributed by atoms with Crippen molar-refractivity contribution in [1.29, 1.82) is 0 Å². The second kappa shape index (κ2) is 7.69. The van der Waals surface area contributed by atoms with E-state index in [0.717, 1.165) is 12.8 Å². The van der Waals surface area contributed by atoms with Crippen molar-refractivity contribution in [2.75, 3.05) is 19.0 Å². The molecule has 0 heterocycles. The minimum atomic E-state index is -3.37. The maximum Gasteiger partial charge on any atom is 0.232 e. The van der Waals surface area contributed by atoms with Gasteiger partial charge >= 0.3 is 0 Å². The zero-order valence-corrected chi connectivity index (χ0v) is 11.2. The minimum absolute atomic E-state index is 0.0206. The molecule has 0 aliphatic carbocycles. The Hall–Kier alpha value is -0.580. The van der Waals surface area contributed by atoms with Crippen LogP contribution in [0.1, 0.15) is 18.4 Å². The molecular weight excluding hydrogens is 260 g/mol. The van der Waals surface area contributed by atoms with Crippen LogP contribution in [0.25, 0.3) is 0 Å². The van der Waals surface area contributed by atoms with E-state index in [1.165, 1.54) is 5.56 Å². The third kappa shape index (κ3) is 8.18. The molecule has 0 bridgehead atoms. The van der Waals surface area contributed by atoms with E-state index in [4.69, 9.17) is 15.4 Å². The summed E-state index contributed by atoms with van der Waals surface area (Å²) in [6.45, 7) is 1.10. The Bertz CT molecular complexity index is 403. The number of benzene rings is 1. The van der Waals surface area contributed by atoms with E-state index in [2.05, 4.69) is 12.1 Å². The molecule has 5 heteroatoms. The van der Waals surface area contributed by atoms with Crippen LogP contribution < -0.4 is 0 Å². The largest absolute Gasteiger partial charge is 0.381 e. The first-order chi connectivity index (χ1) is 8.08. The lowest BCUT2D eigenvalue weighted by Gasteiger charge is -2.03. The fourth-order valence-electron chi connectivity index (χ4n) is 1.46. The lowest BCUT2D eigenvalue weighted by Crippen LogP contribution is -2.04. The molecule has 3 nitrogen and oxygen atoms in total. The number of rotatable bonds is 8. The summed E-state index contributed by atoms with van der Waals surface area (Å²) >= 11 is 0. The highest BCUT2D eigenvalue weighted by Crippen LogP contribution is 2.03. The van der Waals surface area contributed by atoms with E-state index < -0.39 is 9.05 Å². The zero-order valence-electron chi connectivity index (χ0n) is 9.64. The Labute approximate surface area is 107 Å². The van der Waals surface area contributed by atoms with Crippen molar-refractivity contribution in [3.05, 3.63) is 35.9 Å². The van der Waals surface area contributed by atoms with Crippen LogP contribution in [0.3, 0.4) is 0 Å². The molecule has 17 heavy (non-hydrogen) atoms. The molecule has 1 rings (SSSR count). The molecule has 0 fully saturated rings. The molecule has 0 N–H and O–H groups in total. The van der Waals surface area contributed by atoms with Gasteiger partial charge in [0.2, 0.25) is 9.05 Å². The lowest BCUT2D eigenvalue weighted by molar-refractivity contribution is 0.133. The first-order valence-electron chi connectivity index (χ1n) is 5.62. The summed E-state index contributed by atoms with van der Waals surface area (Å²) in [5, 5.41) is 0. The van der Waals surface area contributed by atoms with Gasteiger partial charge in [0.05, 0.1) is 5.75 Å². The van der Waals surface area contributed by atoms with E-state index in [-0.39, 0.29) is 5.75 Å². The maximum absolute atomic E-state index is 10.6. The number of hydrogen-bond acceptors (Lipinski definition) is 3. The molecule has 0 unspecified atom stereocenters. The molecule has 0 atom stereocenters. The lowest BCUT2D eigenvalue weighted by atomic mass is 10.1. The standard InChI is InChI=1S/C12H17ClO3S/c13-17(14,15)11-5-10-16-9-4-8-12-6-2-1-3-7-12/h1-3,6-7H,4-5,8-11H2. The molecule has 0 radical (unpaired) electrons. The SMILES string of the molecule is O=S(=O)(Cl)CCCOCCCc1ccccc1. The van der Waals surface area contributed by atoms with Gasteiger partial charge in [-0.2, -0.15) is 0 Å². The molecule has 96 valence electrons. The number of aryl methyl sites for hydroxylation is 1. The molecule has 1 aromatic carbocycles. The van der Waals surface area contributed by atoms with E-state index in [1.54, 1.807) is 0 Å². The average Bonchev–Trinajstić information content (AvgIpc) is 2.28. The molecule has 1 aromatic rings. The van der Waals surface area contributed by atoms with E-state index >= 15 is 0 Å². The van der Waals surface area contributed by atoms with Crippen LogP contribution in [-0.4, -0.2) is 27.4 Å². The van der Waals surface area contributed by atoms with Crippen LogP contribution in [-0.2, 0) is 20.2 Å². The van der Waals surface area contributed by atoms with Crippen molar-refractivity contribution < 1.29 is 13.2 Å². The molecule has 0 saturated heterocycles. The number of hydrogen-bond donors (Lipinski definition) is 0. The van der Waals surface area contributed by atoms with Crippen LogP contribution in [0.5, 0.6) is 0 Å². The van der Waals surface area contributed by atoms with Gasteiger partial charge in [-0.3, -0.25) is 0 Å². The molecule has 0 amide bonds. The van der Waals surface area contributed by atoms with Crippen LogP contribution >= 0.6 is 10.7 Å². The molecule has 0 aliphatic heterocycles. The smallest absolute Gasteiger partial charge is 0.232 e. The molecule has 0 aliphatic rings. The second-order valence-electron chi connectivity index (χ2n) is 3.80. The Morgan fingerprint density at radius 2 is 1.71 bits per heavy atom. The maximum atomic E-state index is 10.6. The molecule has 0 saturated carbocycles. The normalized spacial score (nSPS) is 11.6. The third-order valence-corrected chi connectivity index (χ3v) is 3.51.